The summed E-state index contributed by atoms with van der Waals surface area (Å²) in [4.78, 5) is 16.3. The Bertz CT molecular complexity index is 564. The fraction of sp³-hybridized carbons (Fsp3) is 0.417. The minimum atomic E-state index is -0.210. The second-order valence-corrected chi connectivity index (χ2v) is 5.32. The molecule has 0 aliphatic rings. The van der Waals surface area contributed by atoms with Crippen LogP contribution < -0.4 is 5.32 Å². The number of aromatic nitrogens is 3. The number of hydrogen-bond acceptors (Lipinski definition) is 5. The van der Waals surface area contributed by atoms with Crippen molar-refractivity contribution in [1.29, 1.82) is 0 Å². The predicted octanol–water partition coefficient (Wildman–Crippen LogP) is 2.23. The number of nitrogens with one attached hydrogen (secondary N) is 1. The van der Waals surface area contributed by atoms with Crippen molar-refractivity contribution in [2.75, 3.05) is 5.32 Å². The lowest BCUT2D eigenvalue weighted by atomic mass is 10.3. The maximum atomic E-state index is 12.1. The average molecular weight is 280 g/mol. The van der Waals surface area contributed by atoms with Gasteiger partial charge in [0.2, 0.25) is 5.91 Å². The summed E-state index contributed by atoms with van der Waals surface area (Å²) >= 11 is 1.44. The molecule has 2 aromatic heterocycles. The molecule has 0 radical (unpaired) electrons. The number of carbonyl (C=O) groups is 1. The van der Waals surface area contributed by atoms with Crippen LogP contribution in [0.2, 0.25) is 0 Å². The van der Waals surface area contributed by atoms with E-state index in [9.17, 15) is 4.79 Å². The largest absolute Gasteiger partial charge is 0.360 e. The molecule has 0 fully saturated rings. The van der Waals surface area contributed by atoms with E-state index < -0.39 is 0 Å². The Morgan fingerprint density at radius 1 is 1.63 bits per heavy atom. The molecule has 0 aliphatic heterocycles. The predicted molar refractivity (Wildman–Crippen MR) is 73.0 cm³/mol. The van der Waals surface area contributed by atoms with Crippen LogP contribution in [0.1, 0.15) is 19.1 Å². The average Bonchev–Trinajstić information content (AvgIpc) is 2.95. The Balaban J connectivity index is 2.01. The molecule has 0 spiro atoms. The molecule has 6 nitrogen and oxygen atoms in total. The van der Waals surface area contributed by atoms with Gasteiger partial charge in [-0.3, -0.25) is 4.79 Å². The molecular weight excluding hydrogens is 264 g/mol. The van der Waals surface area contributed by atoms with Crippen LogP contribution in [0, 0.1) is 6.92 Å². The molecular formula is C12H16N4O2S. The molecule has 0 aliphatic carbocycles. The highest BCUT2D eigenvalue weighted by atomic mass is 32.2. The molecule has 2 heterocycles. The molecule has 0 bridgehead atoms. The molecule has 0 saturated heterocycles. The van der Waals surface area contributed by atoms with Gasteiger partial charge in [-0.15, -0.1) is 0 Å². The van der Waals surface area contributed by atoms with E-state index in [0.717, 1.165) is 5.16 Å². The van der Waals surface area contributed by atoms with E-state index in [-0.39, 0.29) is 11.2 Å². The van der Waals surface area contributed by atoms with Gasteiger partial charge in [0.25, 0.3) is 0 Å². The topological polar surface area (TPSA) is 73.0 Å². The fourth-order valence-corrected chi connectivity index (χ4v) is 2.48. The lowest BCUT2D eigenvalue weighted by molar-refractivity contribution is -0.115. The van der Waals surface area contributed by atoms with Crippen LogP contribution in [0.5, 0.6) is 0 Å². The van der Waals surface area contributed by atoms with Crippen molar-refractivity contribution in [1.82, 2.24) is 14.7 Å². The summed E-state index contributed by atoms with van der Waals surface area (Å²) in [7, 11) is 1.90. The summed E-state index contributed by atoms with van der Waals surface area (Å²) in [5.74, 6) is 1.02. The highest BCUT2D eigenvalue weighted by Gasteiger charge is 2.20. The van der Waals surface area contributed by atoms with Gasteiger partial charge in [0.05, 0.1) is 5.25 Å². The Hall–Kier alpha value is -1.76. The Kier molecular flexibility index (Phi) is 4.26. The zero-order chi connectivity index (χ0) is 13.8. The number of imidazole rings is 1. The Labute approximate surface area is 115 Å². The molecule has 2 aromatic rings. The molecule has 1 atom stereocenters. The van der Waals surface area contributed by atoms with E-state index >= 15 is 0 Å². The zero-order valence-electron chi connectivity index (χ0n) is 11.1. The van der Waals surface area contributed by atoms with Crippen LogP contribution in [0.3, 0.4) is 0 Å². The van der Waals surface area contributed by atoms with Crippen LogP contribution >= 0.6 is 11.8 Å². The van der Waals surface area contributed by atoms with Crippen molar-refractivity contribution in [3.63, 3.8) is 0 Å². The van der Waals surface area contributed by atoms with Gasteiger partial charge in [0.1, 0.15) is 5.76 Å². The van der Waals surface area contributed by atoms with Crippen molar-refractivity contribution >= 4 is 23.5 Å². The van der Waals surface area contributed by atoms with Crippen LogP contribution in [-0.4, -0.2) is 25.9 Å². The number of carbonyl (C=O) groups excluding carboxylic acids is 1. The van der Waals surface area contributed by atoms with Crippen molar-refractivity contribution in [2.45, 2.75) is 30.7 Å². The summed E-state index contributed by atoms with van der Waals surface area (Å²) < 4.78 is 6.81. The van der Waals surface area contributed by atoms with E-state index in [1.165, 1.54) is 11.8 Å². The number of amides is 1. The Morgan fingerprint density at radius 3 is 2.95 bits per heavy atom. The first-order valence-electron chi connectivity index (χ1n) is 5.98. The molecule has 102 valence electrons. The lowest BCUT2D eigenvalue weighted by Crippen LogP contribution is -2.25. The molecule has 2 rings (SSSR count). The monoisotopic (exact) mass is 280 g/mol. The smallest absolute Gasteiger partial charge is 0.239 e. The van der Waals surface area contributed by atoms with Gasteiger partial charge in [-0.25, -0.2) is 4.98 Å². The summed E-state index contributed by atoms with van der Waals surface area (Å²) in [5, 5.41) is 7.10. The standard InChI is InChI=1S/C12H16N4O2S/c1-4-9(19-12-13-5-6-16(12)3)11(17)14-10-7-8(2)18-15-10/h5-7,9H,4H2,1-3H3,(H,14,15,17)/t9-/m1/s1. The zero-order valence-corrected chi connectivity index (χ0v) is 11.9. The number of anilines is 1. The van der Waals surface area contributed by atoms with E-state index in [1.54, 1.807) is 19.2 Å². The molecule has 1 amide bonds. The summed E-state index contributed by atoms with van der Waals surface area (Å²) in [6.45, 7) is 3.75. The fourth-order valence-electron chi connectivity index (χ4n) is 1.55. The third kappa shape index (κ3) is 3.37. The second-order valence-electron chi connectivity index (χ2n) is 4.15. The Morgan fingerprint density at radius 2 is 2.42 bits per heavy atom. The van der Waals surface area contributed by atoms with E-state index in [2.05, 4.69) is 15.5 Å². The molecule has 7 heteroatoms. The third-order valence-electron chi connectivity index (χ3n) is 2.57. The van der Waals surface area contributed by atoms with E-state index in [0.29, 0.717) is 18.0 Å². The van der Waals surface area contributed by atoms with Crippen molar-refractivity contribution in [3.05, 3.63) is 24.2 Å². The first-order chi connectivity index (χ1) is 9.10. The minimum absolute atomic E-state index is 0.0937. The van der Waals surface area contributed by atoms with E-state index in [4.69, 9.17) is 4.52 Å². The normalized spacial score (nSPS) is 12.4. The lowest BCUT2D eigenvalue weighted by Gasteiger charge is -2.12. The first kappa shape index (κ1) is 13.7. The highest BCUT2D eigenvalue weighted by Crippen LogP contribution is 2.24. The second kappa shape index (κ2) is 5.92. The number of rotatable bonds is 5. The summed E-state index contributed by atoms with van der Waals surface area (Å²) in [6.07, 6.45) is 4.28. The number of aryl methyl sites for hydroxylation is 2. The summed E-state index contributed by atoms with van der Waals surface area (Å²) in [5.41, 5.74) is 0. The number of nitrogens with zero attached hydrogens (tertiary/aromatic N) is 3. The van der Waals surface area contributed by atoms with Crippen molar-refractivity contribution < 1.29 is 9.32 Å². The SMILES string of the molecule is CC[C@@H](Sc1nccn1C)C(=O)Nc1cc(C)on1. The van der Waals surface area contributed by atoms with Crippen LogP contribution in [0.15, 0.2) is 28.1 Å². The van der Waals surface area contributed by atoms with Crippen LogP contribution in [0.4, 0.5) is 5.82 Å². The van der Waals surface area contributed by atoms with Gasteiger partial charge in [-0.05, 0) is 13.3 Å². The number of hydrogen-bond donors (Lipinski definition) is 1. The molecule has 1 N–H and O–H groups in total. The van der Waals surface area contributed by atoms with E-state index in [1.807, 2.05) is 24.7 Å². The number of thioether (sulfide) groups is 1. The van der Waals surface area contributed by atoms with Gasteiger partial charge < -0.3 is 14.4 Å². The maximum absolute atomic E-state index is 12.1. The molecule has 0 unspecified atom stereocenters. The van der Waals surface area contributed by atoms with Gasteiger partial charge in [0, 0.05) is 25.5 Å². The van der Waals surface area contributed by atoms with Crippen molar-refractivity contribution in [3.8, 4) is 0 Å². The van der Waals surface area contributed by atoms with Crippen LogP contribution in [0.25, 0.3) is 0 Å². The quantitative estimate of drug-likeness (QED) is 0.850. The first-order valence-corrected chi connectivity index (χ1v) is 6.86. The van der Waals surface area contributed by atoms with Crippen molar-refractivity contribution in [2.24, 2.45) is 7.05 Å². The van der Waals surface area contributed by atoms with Gasteiger partial charge in [-0.2, -0.15) is 0 Å². The van der Waals surface area contributed by atoms with Gasteiger partial charge in [-0.1, -0.05) is 23.8 Å². The molecule has 0 aromatic carbocycles. The maximum Gasteiger partial charge on any atom is 0.239 e. The van der Waals surface area contributed by atoms with Gasteiger partial charge in [0.15, 0.2) is 11.0 Å². The minimum Gasteiger partial charge on any atom is -0.360 e. The highest BCUT2D eigenvalue weighted by molar-refractivity contribution is 8.00. The third-order valence-corrected chi connectivity index (χ3v) is 4.00. The molecule has 0 saturated carbocycles. The summed E-state index contributed by atoms with van der Waals surface area (Å²) in [6, 6.07) is 1.69. The van der Waals surface area contributed by atoms with Crippen LogP contribution in [-0.2, 0) is 11.8 Å². The molecule has 19 heavy (non-hydrogen) atoms. The van der Waals surface area contributed by atoms with Gasteiger partial charge >= 0.3 is 0 Å².